The number of hydrogen-bond acceptors (Lipinski definition) is 3. The maximum atomic E-state index is 5.50. The molecule has 72 valence electrons. The van der Waals surface area contributed by atoms with Crippen LogP contribution in [0.2, 0.25) is 0 Å². The normalized spacial score (nSPS) is 32.2. The fraction of sp³-hybridized carbons (Fsp3) is 1.00. The van der Waals surface area contributed by atoms with Crippen molar-refractivity contribution in [1.82, 2.24) is 5.43 Å². The Kier molecular flexibility index (Phi) is 3.98. The summed E-state index contributed by atoms with van der Waals surface area (Å²) < 4.78 is 5.50. The summed E-state index contributed by atoms with van der Waals surface area (Å²) in [6.07, 6.45) is 3.90. The molecule has 3 N–H and O–H groups in total. The molecule has 0 aromatic rings. The molecule has 3 atom stereocenters. The fourth-order valence-electron chi connectivity index (χ4n) is 1.90. The lowest BCUT2D eigenvalue weighted by Crippen LogP contribution is -2.41. The van der Waals surface area contributed by atoms with E-state index in [9.17, 15) is 0 Å². The van der Waals surface area contributed by atoms with Crippen LogP contribution < -0.4 is 11.3 Å². The molecule has 3 unspecified atom stereocenters. The number of hydrazine groups is 1. The Morgan fingerprint density at radius 3 is 2.83 bits per heavy atom. The molecule has 0 spiro atoms. The molecule has 1 heterocycles. The second-order valence-electron chi connectivity index (χ2n) is 3.70. The Morgan fingerprint density at radius 1 is 1.67 bits per heavy atom. The third-order valence-corrected chi connectivity index (χ3v) is 2.61. The van der Waals surface area contributed by atoms with Gasteiger partial charge >= 0.3 is 0 Å². The van der Waals surface area contributed by atoms with Crippen LogP contribution in [0.4, 0.5) is 0 Å². The summed E-state index contributed by atoms with van der Waals surface area (Å²) in [5.41, 5.74) is 2.89. The summed E-state index contributed by atoms with van der Waals surface area (Å²) in [4.78, 5) is 0. The molecule has 1 rings (SSSR count). The first-order valence-electron chi connectivity index (χ1n) is 4.85. The summed E-state index contributed by atoms with van der Waals surface area (Å²) in [7, 11) is 0. The summed E-state index contributed by atoms with van der Waals surface area (Å²) >= 11 is 0. The van der Waals surface area contributed by atoms with Crippen LogP contribution in [-0.2, 0) is 4.74 Å². The predicted molar refractivity (Wildman–Crippen MR) is 49.5 cm³/mol. The third-order valence-electron chi connectivity index (χ3n) is 2.61. The van der Waals surface area contributed by atoms with Crippen molar-refractivity contribution in [3.8, 4) is 0 Å². The number of nitrogens with two attached hydrogens (primary N) is 1. The van der Waals surface area contributed by atoms with Crippen molar-refractivity contribution in [1.29, 1.82) is 0 Å². The lowest BCUT2D eigenvalue weighted by molar-refractivity contribution is 0.116. The van der Waals surface area contributed by atoms with Crippen LogP contribution in [0.15, 0.2) is 0 Å². The second kappa shape index (κ2) is 4.80. The highest BCUT2D eigenvalue weighted by atomic mass is 16.5. The molecule has 0 saturated carbocycles. The van der Waals surface area contributed by atoms with Gasteiger partial charge in [-0.3, -0.25) is 11.3 Å². The van der Waals surface area contributed by atoms with E-state index in [1.807, 2.05) is 0 Å². The number of ether oxygens (including phenoxy) is 1. The van der Waals surface area contributed by atoms with Gasteiger partial charge in [-0.05, 0) is 19.8 Å². The van der Waals surface area contributed by atoms with Crippen LogP contribution >= 0.6 is 0 Å². The Hall–Kier alpha value is -0.120. The van der Waals surface area contributed by atoms with Gasteiger partial charge in [0.2, 0.25) is 0 Å². The number of nitrogens with one attached hydrogen (secondary N) is 1. The lowest BCUT2D eigenvalue weighted by Gasteiger charge is -2.20. The van der Waals surface area contributed by atoms with Crippen molar-refractivity contribution in [2.45, 2.75) is 45.3 Å². The Bertz CT molecular complexity index is 128. The summed E-state index contributed by atoms with van der Waals surface area (Å²) in [6, 6.07) is 0.444. The van der Waals surface area contributed by atoms with Crippen LogP contribution in [-0.4, -0.2) is 18.8 Å². The van der Waals surface area contributed by atoms with E-state index < -0.39 is 0 Å². The van der Waals surface area contributed by atoms with Gasteiger partial charge in [-0.1, -0.05) is 13.3 Å². The van der Waals surface area contributed by atoms with Crippen LogP contribution in [0.1, 0.15) is 33.1 Å². The van der Waals surface area contributed by atoms with Crippen LogP contribution in [0.25, 0.3) is 0 Å². The molecule has 3 nitrogen and oxygen atoms in total. The van der Waals surface area contributed by atoms with Gasteiger partial charge < -0.3 is 4.74 Å². The van der Waals surface area contributed by atoms with Crippen LogP contribution in [0.3, 0.4) is 0 Å². The maximum Gasteiger partial charge on any atom is 0.0551 e. The Balaban J connectivity index is 2.33. The molecule has 1 fully saturated rings. The smallest absolute Gasteiger partial charge is 0.0551 e. The largest absolute Gasteiger partial charge is 0.378 e. The average molecular weight is 172 g/mol. The van der Waals surface area contributed by atoms with E-state index in [4.69, 9.17) is 10.6 Å². The summed E-state index contributed by atoms with van der Waals surface area (Å²) in [5, 5.41) is 0. The molecule has 1 aliphatic rings. The maximum absolute atomic E-state index is 5.50. The van der Waals surface area contributed by atoms with E-state index in [0.717, 1.165) is 19.4 Å². The standard InChI is InChI=1S/C9H20N2O/c1-3-4-9(11-10)8-5-7(2)12-6-8/h7-9,11H,3-6,10H2,1-2H3. The molecule has 1 aliphatic heterocycles. The van der Waals surface area contributed by atoms with Gasteiger partial charge in [0.1, 0.15) is 0 Å². The average Bonchev–Trinajstić information content (AvgIpc) is 2.47. The highest BCUT2D eigenvalue weighted by Crippen LogP contribution is 2.23. The van der Waals surface area contributed by atoms with Gasteiger partial charge in [0.15, 0.2) is 0 Å². The number of hydrogen-bond donors (Lipinski definition) is 2. The minimum atomic E-state index is 0.419. The highest BCUT2D eigenvalue weighted by molar-refractivity contribution is 4.80. The molecule has 12 heavy (non-hydrogen) atoms. The quantitative estimate of drug-likeness (QED) is 0.492. The lowest BCUT2D eigenvalue weighted by atomic mass is 9.94. The third kappa shape index (κ3) is 2.44. The summed E-state index contributed by atoms with van der Waals surface area (Å²) in [6.45, 7) is 5.18. The van der Waals surface area contributed by atoms with Gasteiger partial charge in [-0.25, -0.2) is 0 Å². The molecular formula is C9H20N2O. The zero-order valence-corrected chi connectivity index (χ0v) is 8.05. The van der Waals surface area contributed by atoms with E-state index in [2.05, 4.69) is 19.3 Å². The molecule has 0 aromatic carbocycles. The number of rotatable bonds is 4. The topological polar surface area (TPSA) is 47.3 Å². The van der Waals surface area contributed by atoms with Crippen molar-refractivity contribution >= 4 is 0 Å². The second-order valence-corrected chi connectivity index (χ2v) is 3.70. The molecule has 0 aromatic heterocycles. The monoisotopic (exact) mass is 172 g/mol. The van der Waals surface area contributed by atoms with Crippen LogP contribution in [0, 0.1) is 5.92 Å². The first kappa shape index (κ1) is 9.96. The molecule has 0 radical (unpaired) electrons. The Morgan fingerprint density at radius 2 is 2.42 bits per heavy atom. The Labute approximate surface area is 74.6 Å². The van der Waals surface area contributed by atoms with E-state index in [-0.39, 0.29) is 0 Å². The van der Waals surface area contributed by atoms with Crippen molar-refractivity contribution in [2.75, 3.05) is 6.61 Å². The molecule has 0 amide bonds. The van der Waals surface area contributed by atoms with E-state index in [1.165, 1.54) is 6.42 Å². The minimum Gasteiger partial charge on any atom is -0.378 e. The first-order chi connectivity index (χ1) is 5.77. The van der Waals surface area contributed by atoms with Crippen molar-refractivity contribution in [2.24, 2.45) is 11.8 Å². The van der Waals surface area contributed by atoms with Crippen LogP contribution in [0.5, 0.6) is 0 Å². The molecule has 0 aliphatic carbocycles. The first-order valence-corrected chi connectivity index (χ1v) is 4.85. The van der Waals surface area contributed by atoms with Gasteiger partial charge in [0, 0.05) is 12.0 Å². The van der Waals surface area contributed by atoms with E-state index >= 15 is 0 Å². The molecular weight excluding hydrogens is 152 g/mol. The van der Waals surface area contributed by atoms with Crippen molar-refractivity contribution < 1.29 is 4.74 Å². The van der Waals surface area contributed by atoms with E-state index in [1.54, 1.807) is 0 Å². The van der Waals surface area contributed by atoms with Gasteiger partial charge in [0.25, 0.3) is 0 Å². The zero-order valence-electron chi connectivity index (χ0n) is 8.05. The van der Waals surface area contributed by atoms with Gasteiger partial charge in [0.05, 0.1) is 12.7 Å². The molecule has 0 bridgehead atoms. The van der Waals surface area contributed by atoms with Gasteiger partial charge in [-0.2, -0.15) is 0 Å². The zero-order chi connectivity index (χ0) is 8.97. The summed E-state index contributed by atoms with van der Waals surface area (Å²) in [5.74, 6) is 6.09. The van der Waals surface area contributed by atoms with Crippen molar-refractivity contribution in [3.05, 3.63) is 0 Å². The SMILES string of the molecule is CCCC(NN)C1COC(C)C1. The highest BCUT2D eigenvalue weighted by Gasteiger charge is 2.28. The molecule has 1 saturated heterocycles. The fourth-order valence-corrected chi connectivity index (χ4v) is 1.90. The van der Waals surface area contributed by atoms with Crippen molar-refractivity contribution in [3.63, 3.8) is 0 Å². The van der Waals surface area contributed by atoms with E-state index in [0.29, 0.717) is 18.1 Å². The predicted octanol–water partition coefficient (Wildman–Crippen LogP) is 1.04. The minimum absolute atomic E-state index is 0.419. The van der Waals surface area contributed by atoms with Gasteiger partial charge in [-0.15, -0.1) is 0 Å². The molecule has 3 heteroatoms.